The SMILES string of the molecule is CC(C)CNC(N)=NCc1ccc(OC(C)C)cc1.I. The number of guanidine groups is 1. The van der Waals surface area contributed by atoms with Crippen molar-refractivity contribution >= 4 is 29.9 Å². The number of halogens is 1. The molecule has 0 saturated heterocycles. The topological polar surface area (TPSA) is 59.6 Å². The van der Waals surface area contributed by atoms with E-state index >= 15 is 0 Å². The van der Waals surface area contributed by atoms with Gasteiger partial charge in [0.2, 0.25) is 0 Å². The second-order valence-electron chi connectivity index (χ2n) is 5.29. The minimum atomic E-state index is 0. The van der Waals surface area contributed by atoms with Crippen LogP contribution in [0.15, 0.2) is 29.3 Å². The number of ether oxygens (including phenoxy) is 1. The van der Waals surface area contributed by atoms with Crippen LogP contribution in [0.2, 0.25) is 0 Å². The molecule has 0 atom stereocenters. The minimum absolute atomic E-state index is 0. The third-order valence-corrected chi connectivity index (χ3v) is 2.42. The molecule has 0 amide bonds. The van der Waals surface area contributed by atoms with Crippen molar-refractivity contribution in [3.8, 4) is 5.75 Å². The lowest BCUT2D eigenvalue weighted by Gasteiger charge is -2.10. The zero-order chi connectivity index (χ0) is 14.3. The van der Waals surface area contributed by atoms with Crippen LogP contribution >= 0.6 is 24.0 Å². The molecule has 0 spiro atoms. The van der Waals surface area contributed by atoms with Crippen molar-refractivity contribution in [3.63, 3.8) is 0 Å². The molecule has 20 heavy (non-hydrogen) atoms. The lowest BCUT2D eigenvalue weighted by atomic mass is 10.2. The van der Waals surface area contributed by atoms with Gasteiger partial charge in [-0.15, -0.1) is 24.0 Å². The van der Waals surface area contributed by atoms with Crippen LogP contribution < -0.4 is 15.8 Å². The molecule has 1 rings (SSSR count). The Morgan fingerprint density at radius 3 is 2.30 bits per heavy atom. The van der Waals surface area contributed by atoms with Gasteiger partial charge in [0, 0.05) is 6.54 Å². The summed E-state index contributed by atoms with van der Waals surface area (Å²) in [6.45, 7) is 9.72. The van der Waals surface area contributed by atoms with Gasteiger partial charge in [-0.2, -0.15) is 0 Å². The van der Waals surface area contributed by atoms with Crippen LogP contribution in [0.25, 0.3) is 0 Å². The number of hydrogen-bond acceptors (Lipinski definition) is 2. The monoisotopic (exact) mass is 391 g/mol. The molecule has 1 aromatic rings. The molecule has 0 aliphatic heterocycles. The average molecular weight is 391 g/mol. The summed E-state index contributed by atoms with van der Waals surface area (Å²) < 4.78 is 5.59. The second-order valence-corrected chi connectivity index (χ2v) is 5.29. The molecule has 0 saturated carbocycles. The molecule has 0 aromatic heterocycles. The lowest BCUT2D eigenvalue weighted by molar-refractivity contribution is 0.242. The molecule has 1 aromatic carbocycles. The van der Waals surface area contributed by atoms with Crippen molar-refractivity contribution in [1.29, 1.82) is 0 Å². The number of benzene rings is 1. The molecule has 0 fully saturated rings. The summed E-state index contributed by atoms with van der Waals surface area (Å²) >= 11 is 0. The summed E-state index contributed by atoms with van der Waals surface area (Å²) in [5.74, 6) is 1.94. The molecule has 3 N–H and O–H groups in total. The van der Waals surface area contributed by atoms with Crippen LogP contribution in [0.1, 0.15) is 33.3 Å². The summed E-state index contributed by atoms with van der Waals surface area (Å²) in [4.78, 5) is 4.30. The van der Waals surface area contributed by atoms with E-state index in [1.807, 2.05) is 38.1 Å². The molecule has 0 aliphatic rings. The highest BCUT2D eigenvalue weighted by Crippen LogP contribution is 2.14. The van der Waals surface area contributed by atoms with Gasteiger partial charge in [-0.1, -0.05) is 26.0 Å². The van der Waals surface area contributed by atoms with Crippen molar-refractivity contribution in [2.24, 2.45) is 16.6 Å². The van der Waals surface area contributed by atoms with Crippen LogP contribution in [0, 0.1) is 5.92 Å². The number of hydrogen-bond donors (Lipinski definition) is 2. The molecular formula is C15H26IN3O. The van der Waals surface area contributed by atoms with Gasteiger partial charge in [0.1, 0.15) is 5.75 Å². The van der Waals surface area contributed by atoms with E-state index in [4.69, 9.17) is 10.5 Å². The first kappa shape index (κ1) is 19.0. The van der Waals surface area contributed by atoms with E-state index < -0.39 is 0 Å². The Balaban J connectivity index is 0.00000361. The molecular weight excluding hydrogens is 365 g/mol. The summed E-state index contributed by atoms with van der Waals surface area (Å²) in [5, 5.41) is 3.09. The standard InChI is InChI=1S/C15H25N3O.HI/c1-11(2)9-17-15(16)18-10-13-5-7-14(8-6-13)19-12(3)4;/h5-8,11-12H,9-10H2,1-4H3,(H3,16,17,18);1H. The maximum Gasteiger partial charge on any atom is 0.188 e. The normalized spacial score (nSPS) is 11.4. The third kappa shape index (κ3) is 8.24. The molecule has 0 radical (unpaired) electrons. The van der Waals surface area contributed by atoms with Crippen molar-refractivity contribution < 1.29 is 4.74 Å². The van der Waals surface area contributed by atoms with Gasteiger partial charge >= 0.3 is 0 Å². The first-order valence-corrected chi connectivity index (χ1v) is 6.76. The van der Waals surface area contributed by atoms with Gasteiger partial charge in [0.05, 0.1) is 12.6 Å². The number of nitrogens with one attached hydrogen (secondary N) is 1. The Kier molecular flexibility index (Phi) is 9.37. The van der Waals surface area contributed by atoms with Crippen molar-refractivity contribution in [2.45, 2.75) is 40.3 Å². The molecule has 5 heteroatoms. The predicted molar refractivity (Wildman–Crippen MR) is 95.8 cm³/mol. The van der Waals surface area contributed by atoms with Crippen LogP contribution in [0.3, 0.4) is 0 Å². The third-order valence-electron chi connectivity index (χ3n) is 2.42. The van der Waals surface area contributed by atoms with Crippen molar-refractivity contribution in [2.75, 3.05) is 6.54 Å². The maximum atomic E-state index is 5.78. The van der Waals surface area contributed by atoms with E-state index in [2.05, 4.69) is 24.2 Å². The highest BCUT2D eigenvalue weighted by atomic mass is 127. The van der Waals surface area contributed by atoms with E-state index in [0.29, 0.717) is 18.4 Å². The molecule has 0 unspecified atom stereocenters. The second kappa shape index (κ2) is 9.85. The van der Waals surface area contributed by atoms with Crippen LogP contribution in [0.5, 0.6) is 5.75 Å². The smallest absolute Gasteiger partial charge is 0.188 e. The van der Waals surface area contributed by atoms with Gasteiger partial charge in [-0.05, 0) is 37.5 Å². The van der Waals surface area contributed by atoms with E-state index in [-0.39, 0.29) is 30.1 Å². The van der Waals surface area contributed by atoms with Gasteiger partial charge < -0.3 is 15.8 Å². The van der Waals surface area contributed by atoms with E-state index in [1.54, 1.807) is 0 Å². The lowest BCUT2D eigenvalue weighted by Crippen LogP contribution is -2.34. The van der Waals surface area contributed by atoms with Crippen molar-refractivity contribution in [1.82, 2.24) is 5.32 Å². The molecule has 0 aliphatic carbocycles. The van der Waals surface area contributed by atoms with Crippen LogP contribution in [-0.2, 0) is 6.54 Å². The fraction of sp³-hybridized carbons (Fsp3) is 0.533. The first-order chi connectivity index (χ1) is 8.97. The van der Waals surface area contributed by atoms with Gasteiger partial charge in [0.15, 0.2) is 5.96 Å². The number of aliphatic imine (C=N–C) groups is 1. The summed E-state index contributed by atoms with van der Waals surface area (Å²) in [6.07, 6.45) is 0.194. The van der Waals surface area contributed by atoms with E-state index in [0.717, 1.165) is 17.9 Å². The maximum absolute atomic E-state index is 5.78. The largest absolute Gasteiger partial charge is 0.491 e. The molecule has 4 nitrogen and oxygen atoms in total. The number of nitrogens with zero attached hydrogens (tertiary/aromatic N) is 1. The number of rotatable bonds is 6. The van der Waals surface area contributed by atoms with Crippen LogP contribution in [-0.4, -0.2) is 18.6 Å². The molecule has 0 heterocycles. The summed E-state index contributed by atoms with van der Waals surface area (Å²) in [6, 6.07) is 7.94. The Morgan fingerprint density at radius 1 is 1.20 bits per heavy atom. The minimum Gasteiger partial charge on any atom is -0.491 e. The van der Waals surface area contributed by atoms with Gasteiger partial charge in [0.25, 0.3) is 0 Å². The Hall–Kier alpha value is -0.980. The summed E-state index contributed by atoms with van der Waals surface area (Å²) in [5.41, 5.74) is 6.90. The van der Waals surface area contributed by atoms with Crippen LogP contribution in [0.4, 0.5) is 0 Å². The molecule has 0 bridgehead atoms. The highest BCUT2D eigenvalue weighted by molar-refractivity contribution is 14.0. The van der Waals surface area contributed by atoms with E-state index in [9.17, 15) is 0 Å². The Labute approximate surface area is 139 Å². The summed E-state index contributed by atoms with van der Waals surface area (Å²) in [7, 11) is 0. The fourth-order valence-electron chi connectivity index (χ4n) is 1.49. The Morgan fingerprint density at radius 2 is 1.80 bits per heavy atom. The van der Waals surface area contributed by atoms with Gasteiger partial charge in [-0.25, -0.2) is 4.99 Å². The van der Waals surface area contributed by atoms with Gasteiger partial charge in [-0.3, -0.25) is 0 Å². The zero-order valence-electron chi connectivity index (χ0n) is 12.7. The average Bonchev–Trinajstić information content (AvgIpc) is 2.35. The predicted octanol–water partition coefficient (Wildman–Crippen LogP) is 3.15. The quantitative estimate of drug-likeness (QED) is 0.445. The Bertz CT molecular complexity index is 402. The number of nitrogens with two attached hydrogens (primary N) is 1. The first-order valence-electron chi connectivity index (χ1n) is 6.76. The van der Waals surface area contributed by atoms with Crippen molar-refractivity contribution in [3.05, 3.63) is 29.8 Å². The fourth-order valence-corrected chi connectivity index (χ4v) is 1.49. The zero-order valence-corrected chi connectivity index (χ0v) is 15.0. The molecule has 114 valence electrons. The highest BCUT2D eigenvalue weighted by Gasteiger charge is 1.99. The van der Waals surface area contributed by atoms with E-state index in [1.165, 1.54) is 0 Å².